The maximum Gasteiger partial charge on any atom is 0.323 e. The average Bonchev–Trinajstić information content (AvgIpc) is 2.77. The Bertz CT molecular complexity index is 958. The van der Waals surface area contributed by atoms with E-state index < -0.39 is 0 Å². The number of para-hydroxylation sites is 1. The highest BCUT2D eigenvalue weighted by atomic mass is 16.2. The van der Waals surface area contributed by atoms with E-state index in [1.54, 1.807) is 6.20 Å². The number of hydrogen-bond acceptors (Lipinski definition) is 2. The van der Waals surface area contributed by atoms with Crippen molar-refractivity contribution in [3.8, 4) is 11.3 Å². The first kappa shape index (κ1) is 19.2. The molecule has 4 nitrogen and oxygen atoms in total. The van der Waals surface area contributed by atoms with E-state index in [2.05, 4.69) is 39.9 Å². The van der Waals surface area contributed by atoms with Crippen LogP contribution in [0.1, 0.15) is 49.1 Å². The number of aryl methyl sites for hydroxylation is 1. The maximum atomic E-state index is 12.2. The Hall–Kier alpha value is -3.14. The van der Waals surface area contributed by atoms with Crippen molar-refractivity contribution < 1.29 is 4.79 Å². The first-order valence-electron chi connectivity index (χ1n) is 10.4. The van der Waals surface area contributed by atoms with Gasteiger partial charge in [0.1, 0.15) is 0 Å². The van der Waals surface area contributed by atoms with Gasteiger partial charge in [-0.3, -0.25) is 4.98 Å². The lowest BCUT2D eigenvalue weighted by molar-refractivity contribution is 0.262. The summed E-state index contributed by atoms with van der Waals surface area (Å²) < 4.78 is 0. The second-order valence-electron chi connectivity index (χ2n) is 7.78. The van der Waals surface area contributed by atoms with Crippen LogP contribution in [0.2, 0.25) is 0 Å². The minimum absolute atomic E-state index is 0.273. The largest absolute Gasteiger partial charge is 0.323 e. The molecule has 4 rings (SSSR count). The van der Waals surface area contributed by atoms with Crippen molar-refractivity contribution in [1.82, 2.24) is 4.98 Å². The van der Waals surface area contributed by atoms with Crippen molar-refractivity contribution >= 4 is 17.4 Å². The number of rotatable bonds is 4. The van der Waals surface area contributed by atoms with E-state index in [-0.39, 0.29) is 6.03 Å². The summed E-state index contributed by atoms with van der Waals surface area (Å²) in [7, 11) is 0. The Morgan fingerprint density at radius 1 is 0.897 bits per heavy atom. The minimum atomic E-state index is -0.273. The zero-order valence-corrected chi connectivity index (χ0v) is 16.8. The average molecular weight is 386 g/mol. The second kappa shape index (κ2) is 8.91. The molecule has 4 heteroatoms. The Morgan fingerprint density at radius 3 is 2.34 bits per heavy atom. The van der Waals surface area contributed by atoms with Crippen molar-refractivity contribution in [2.24, 2.45) is 0 Å². The summed E-state index contributed by atoms with van der Waals surface area (Å²) in [4.78, 5) is 16.8. The van der Waals surface area contributed by atoms with Crippen LogP contribution in [0.3, 0.4) is 0 Å². The number of aromatic nitrogens is 1. The van der Waals surface area contributed by atoms with E-state index in [1.165, 1.54) is 37.7 Å². The molecule has 29 heavy (non-hydrogen) atoms. The van der Waals surface area contributed by atoms with E-state index >= 15 is 0 Å². The van der Waals surface area contributed by atoms with Crippen LogP contribution >= 0.6 is 0 Å². The summed E-state index contributed by atoms with van der Waals surface area (Å²) in [6.07, 6.45) is 8.38. The predicted molar refractivity (Wildman–Crippen MR) is 119 cm³/mol. The number of amides is 2. The Morgan fingerprint density at radius 2 is 1.66 bits per heavy atom. The van der Waals surface area contributed by atoms with Gasteiger partial charge in [0.05, 0.1) is 17.6 Å². The lowest BCUT2D eigenvalue weighted by Gasteiger charge is -2.22. The van der Waals surface area contributed by atoms with E-state index in [4.69, 9.17) is 0 Å². The van der Waals surface area contributed by atoms with Crippen molar-refractivity contribution in [1.29, 1.82) is 0 Å². The minimum Gasteiger partial charge on any atom is -0.307 e. The van der Waals surface area contributed by atoms with Crippen molar-refractivity contribution in [2.45, 2.75) is 44.9 Å². The van der Waals surface area contributed by atoms with Gasteiger partial charge < -0.3 is 10.6 Å². The topological polar surface area (TPSA) is 54.0 Å². The molecule has 0 saturated heterocycles. The van der Waals surface area contributed by atoms with Crippen LogP contribution in [-0.2, 0) is 0 Å². The lowest BCUT2D eigenvalue weighted by atomic mass is 9.84. The van der Waals surface area contributed by atoms with Gasteiger partial charge in [-0.2, -0.15) is 0 Å². The van der Waals surface area contributed by atoms with Crippen LogP contribution in [0.15, 0.2) is 66.9 Å². The SMILES string of the molecule is Cc1ccccc1NC(=O)Nc1ccc(-c2ccc(C3CCCCC3)cc2)nc1. The van der Waals surface area contributed by atoms with Crippen LogP contribution < -0.4 is 10.6 Å². The number of carbonyl (C=O) groups is 1. The molecule has 0 bridgehead atoms. The van der Waals surface area contributed by atoms with Crippen molar-refractivity contribution in [2.75, 3.05) is 10.6 Å². The van der Waals surface area contributed by atoms with E-state index in [1.807, 2.05) is 43.3 Å². The van der Waals surface area contributed by atoms with Gasteiger partial charge in [0.25, 0.3) is 0 Å². The fraction of sp³-hybridized carbons (Fsp3) is 0.280. The van der Waals surface area contributed by atoms with Gasteiger partial charge in [-0.15, -0.1) is 0 Å². The molecule has 3 aromatic rings. The number of benzene rings is 2. The zero-order valence-electron chi connectivity index (χ0n) is 16.8. The van der Waals surface area contributed by atoms with Gasteiger partial charge in [-0.05, 0) is 55.0 Å². The van der Waals surface area contributed by atoms with Crippen LogP contribution in [0.4, 0.5) is 16.2 Å². The summed E-state index contributed by atoms with van der Waals surface area (Å²) in [5.74, 6) is 0.712. The monoisotopic (exact) mass is 385 g/mol. The summed E-state index contributed by atoms with van der Waals surface area (Å²) in [5, 5.41) is 5.70. The Kier molecular flexibility index (Phi) is 5.89. The number of nitrogens with zero attached hydrogens (tertiary/aromatic N) is 1. The third-order valence-corrected chi connectivity index (χ3v) is 5.70. The summed E-state index contributed by atoms with van der Waals surface area (Å²) in [5.41, 5.74) is 5.93. The van der Waals surface area contributed by atoms with Crippen LogP contribution in [0.25, 0.3) is 11.3 Å². The first-order valence-corrected chi connectivity index (χ1v) is 10.4. The molecule has 0 atom stereocenters. The van der Waals surface area contributed by atoms with Gasteiger partial charge in [-0.1, -0.05) is 61.7 Å². The van der Waals surface area contributed by atoms with Crippen LogP contribution in [0, 0.1) is 6.92 Å². The molecule has 1 aromatic heterocycles. The van der Waals surface area contributed by atoms with Crippen molar-refractivity contribution in [3.05, 3.63) is 78.0 Å². The quantitative estimate of drug-likeness (QED) is 0.522. The molecule has 0 aliphatic heterocycles. The molecular weight excluding hydrogens is 358 g/mol. The highest BCUT2D eigenvalue weighted by Gasteiger charge is 2.15. The Balaban J connectivity index is 1.38. The van der Waals surface area contributed by atoms with E-state index in [0.717, 1.165) is 22.5 Å². The fourth-order valence-electron chi connectivity index (χ4n) is 4.00. The number of nitrogens with one attached hydrogen (secondary N) is 2. The molecule has 1 fully saturated rings. The molecule has 2 aromatic carbocycles. The van der Waals surface area contributed by atoms with Gasteiger partial charge in [0.2, 0.25) is 0 Å². The molecule has 148 valence electrons. The first-order chi connectivity index (χ1) is 14.2. The van der Waals surface area contributed by atoms with Crippen LogP contribution in [-0.4, -0.2) is 11.0 Å². The molecular formula is C25H27N3O. The fourth-order valence-corrected chi connectivity index (χ4v) is 4.00. The highest BCUT2D eigenvalue weighted by Crippen LogP contribution is 2.33. The third-order valence-electron chi connectivity index (χ3n) is 5.70. The normalized spacial score (nSPS) is 14.4. The van der Waals surface area contributed by atoms with Gasteiger partial charge in [0.15, 0.2) is 0 Å². The van der Waals surface area contributed by atoms with Gasteiger partial charge >= 0.3 is 6.03 Å². The summed E-state index contributed by atoms with van der Waals surface area (Å²) in [6, 6.07) is 20.1. The molecule has 2 amide bonds. The number of hydrogen-bond donors (Lipinski definition) is 2. The standard InChI is InChI=1S/C25H27N3O/c1-18-7-5-6-10-23(18)28-25(29)27-22-15-16-24(26-17-22)21-13-11-20(12-14-21)19-8-3-2-4-9-19/h5-7,10-17,19H,2-4,8-9H2,1H3,(H2,27,28,29). The second-order valence-corrected chi connectivity index (χ2v) is 7.78. The molecule has 1 heterocycles. The van der Waals surface area contributed by atoms with E-state index in [0.29, 0.717) is 11.6 Å². The highest BCUT2D eigenvalue weighted by molar-refractivity contribution is 6.00. The number of carbonyl (C=O) groups excluding carboxylic acids is 1. The molecule has 0 spiro atoms. The van der Waals surface area contributed by atoms with Gasteiger partial charge in [-0.25, -0.2) is 4.79 Å². The molecule has 2 N–H and O–H groups in total. The van der Waals surface area contributed by atoms with Gasteiger partial charge in [0, 0.05) is 11.3 Å². The summed E-state index contributed by atoms with van der Waals surface area (Å²) in [6.45, 7) is 1.96. The molecule has 1 saturated carbocycles. The predicted octanol–water partition coefficient (Wildman–Crippen LogP) is 6.75. The zero-order chi connectivity index (χ0) is 20.1. The Labute approximate surface area is 172 Å². The third kappa shape index (κ3) is 4.83. The number of pyridine rings is 1. The van der Waals surface area contributed by atoms with Crippen molar-refractivity contribution in [3.63, 3.8) is 0 Å². The maximum absolute atomic E-state index is 12.2. The molecule has 0 radical (unpaired) electrons. The van der Waals surface area contributed by atoms with Crippen LogP contribution in [0.5, 0.6) is 0 Å². The lowest BCUT2D eigenvalue weighted by Crippen LogP contribution is -2.20. The molecule has 0 unspecified atom stereocenters. The smallest absolute Gasteiger partial charge is 0.307 e. The molecule has 1 aliphatic carbocycles. The number of anilines is 2. The number of urea groups is 1. The molecule has 1 aliphatic rings. The van der Waals surface area contributed by atoms with E-state index in [9.17, 15) is 4.79 Å². The summed E-state index contributed by atoms with van der Waals surface area (Å²) >= 11 is 0.